The number of rotatable bonds is 2. The molecule has 1 saturated heterocycles. The lowest BCUT2D eigenvalue weighted by molar-refractivity contribution is 0.0691. The van der Waals surface area contributed by atoms with Gasteiger partial charge in [-0.1, -0.05) is 6.92 Å². The summed E-state index contributed by atoms with van der Waals surface area (Å²) in [6, 6.07) is 1.94. The largest absolute Gasteiger partial charge is 0.337 e. The Morgan fingerprint density at radius 3 is 2.71 bits per heavy atom. The second-order valence-electron chi connectivity index (χ2n) is 5.46. The number of H-pyrrole nitrogens is 1. The molecule has 1 aliphatic heterocycles. The van der Waals surface area contributed by atoms with E-state index in [1.165, 1.54) is 12.8 Å². The maximum atomic E-state index is 12.2. The summed E-state index contributed by atoms with van der Waals surface area (Å²) in [5.41, 5.74) is 1.74. The summed E-state index contributed by atoms with van der Waals surface area (Å²) >= 11 is 0. The lowest BCUT2D eigenvalue weighted by Crippen LogP contribution is -2.38. The van der Waals surface area contributed by atoms with Crippen LogP contribution in [0.4, 0.5) is 0 Å². The van der Waals surface area contributed by atoms with Gasteiger partial charge in [0.1, 0.15) is 5.69 Å². The molecular formula is C13H19N3O. The van der Waals surface area contributed by atoms with E-state index in [2.05, 4.69) is 17.1 Å². The third-order valence-corrected chi connectivity index (χ3v) is 3.90. The Bertz CT molecular complexity index is 414. The summed E-state index contributed by atoms with van der Waals surface area (Å²) in [5, 5.41) is 7.15. The van der Waals surface area contributed by atoms with E-state index in [-0.39, 0.29) is 5.91 Å². The summed E-state index contributed by atoms with van der Waals surface area (Å²) in [7, 11) is 0. The van der Waals surface area contributed by atoms with Crippen molar-refractivity contribution in [3.05, 3.63) is 17.5 Å². The zero-order valence-corrected chi connectivity index (χ0v) is 10.3. The van der Waals surface area contributed by atoms with Gasteiger partial charge in [0.15, 0.2) is 0 Å². The van der Waals surface area contributed by atoms with Crippen LogP contribution in [-0.2, 0) is 0 Å². The molecule has 0 unspecified atom stereocenters. The molecule has 1 amide bonds. The fourth-order valence-corrected chi connectivity index (χ4v) is 2.42. The summed E-state index contributed by atoms with van der Waals surface area (Å²) in [4.78, 5) is 14.1. The highest BCUT2D eigenvalue weighted by molar-refractivity contribution is 5.92. The first kappa shape index (κ1) is 10.8. The third-order valence-electron chi connectivity index (χ3n) is 3.90. The van der Waals surface area contributed by atoms with E-state index in [0.717, 1.165) is 37.5 Å². The fourth-order valence-electron chi connectivity index (χ4n) is 2.42. The van der Waals surface area contributed by atoms with Gasteiger partial charge in [-0.25, -0.2) is 0 Å². The Balaban J connectivity index is 1.67. The molecule has 0 radical (unpaired) electrons. The molecule has 2 aliphatic rings. The van der Waals surface area contributed by atoms with Gasteiger partial charge < -0.3 is 4.90 Å². The first-order chi connectivity index (χ1) is 8.24. The van der Waals surface area contributed by atoms with Gasteiger partial charge in [0.05, 0.1) is 0 Å². The topological polar surface area (TPSA) is 49.0 Å². The number of piperidine rings is 1. The van der Waals surface area contributed by atoms with Gasteiger partial charge in [-0.2, -0.15) is 5.10 Å². The first-order valence-corrected chi connectivity index (χ1v) is 6.58. The smallest absolute Gasteiger partial charge is 0.274 e. The molecule has 2 heterocycles. The summed E-state index contributed by atoms with van der Waals surface area (Å²) in [6.45, 7) is 4.01. The standard InChI is InChI=1S/C13H19N3O/c1-9-4-6-16(7-5-9)13(17)12-8-11(14-15-12)10-2-3-10/h8-10H,2-7H2,1H3,(H,14,15). The number of aromatic nitrogens is 2. The molecule has 3 rings (SSSR count). The Labute approximate surface area is 101 Å². The predicted molar refractivity (Wildman–Crippen MR) is 64.9 cm³/mol. The van der Waals surface area contributed by atoms with Gasteiger partial charge in [0.25, 0.3) is 5.91 Å². The van der Waals surface area contributed by atoms with Crippen LogP contribution in [0.3, 0.4) is 0 Å². The molecule has 4 nitrogen and oxygen atoms in total. The Morgan fingerprint density at radius 1 is 1.35 bits per heavy atom. The Hall–Kier alpha value is -1.32. The summed E-state index contributed by atoms with van der Waals surface area (Å²) in [6.07, 6.45) is 4.70. The van der Waals surface area contributed by atoms with Crippen molar-refractivity contribution in [2.24, 2.45) is 5.92 Å². The monoisotopic (exact) mass is 233 g/mol. The number of nitrogens with one attached hydrogen (secondary N) is 1. The van der Waals surface area contributed by atoms with Gasteiger partial charge in [0, 0.05) is 24.7 Å². The van der Waals surface area contributed by atoms with Crippen molar-refractivity contribution in [1.29, 1.82) is 0 Å². The van der Waals surface area contributed by atoms with Crippen molar-refractivity contribution in [1.82, 2.24) is 15.1 Å². The van der Waals surface area contributed by atoms with Gasteiger partial charge >= 0.3 is 0 Å². The third kappa shape index (κ3) is 2.21. The van der Waals surface area contributed by atoms with Crippen LogP contribution in [0.25, 0.3) is 0 Å². The SMILES string of the molecule is CC1CCN(C(=O)c2cc(C3CC3)[nH]n2)CC1. The van der Waals surface area contributed by atoms with Gasteiger partial charge in [-0.3, -0.25) is 9.89 Å². The van der Waals surface area contributed by atoms with Crippen LogP contribution in [0, 0.1) is 5.92 Å². The molecule has 1 aliphatic carbocycles. The molecule has 1 N–H and O–H groups in total. The van der Waals surface area contributed by atoms with E-state index in [0.29, 0.717) is 11.6 Å². The van der Waals surface area contributed by atoms with E-state index < -0.39 is 0 Å². The lowest BCUT2D eigenvalue weighted by atomic mass is 9.99. The van der Waals surface area contributed by atoms with Crippen molar-refractivity contribution in [2.45, 2.75) is 38.5 Å². The molecule has 4 heteroatoms. The Kier molecular flexibility index (Phi) is 2.65. The zero-order chi connectivity index (χ0) is 11.8. The predicted octanol–water partition coefficient (Wildman–Crippen LogP) is 2.16. The van der Waals surface area contributed by atoms with Crippen molar-refractivity contribution in [2.75, 3.05) is 13.1 Å². The number of carbonyl (C=O) groups excluding carboxylic acids is 1. The summed E-state index contributed by atoms with van der Waals surface area (Å²) < 4.78 is 0. The molecule has 17 heavy (non-hydrogen) atoms. The van der Waals surface area contributed by atoms with Crippen LogP contribution >= 0.6 is 0 Å². The number of amides is 1. The van der Waals surface area contributed by atoms with Gasteiger partial charge in [-0.05, 0) is 37.7 Å². The quantitative estimate of drug-likeness (QED) is 0.851. The van der Waals surface area contributed by atoms with Gasteiger partial charge in [-0.15, -0.1) is 0 Å². The minimum absolute atomic E-state index is 0.0973. The maximum absolute atomic E-state index is 12.2. The van der Waals surface area contributed by atoms with Gasteiger partial charge in [0.2, 0.25) is 0 Å². The molecule has 1 aromatic rings. The second-order valence-corrected chi connectivity index (χ2v) is 5.46. The molecule has 0 spiro atoms. The van der Waals surface area contributed by atoms with Crippen molar-refractivity contribution in [3.8, 4) is 0 Å². The molecule has 0 bridgehead atoms. The highest BCUT2D eigenvalue weighted by atomic mass is 16.2. The van der Waals surface area contributed by atoms with Crippen LogP contribution in [0.2, 0.25) is 0 Å². The molecule has 0 aromatic carbocycles. The average Bonchev–Trinajstić information content (AvgIpc) is 3.07. The van der Waals surface area contributed by atoms with Crippen LogP contribution in [0.15, 0.2) is 6.07 Å². The number of hydrogen-bond acceptors (Lipinski definition) is 2. The van der Waals surface area contributed by atoms with Crippen LogP contribution in [-0.4, -0.2) is 34.1 Å². The molecule has 0 atom stereocenters. The van der Waals surface area contributed by atoms with Crippen molar-refractivity contribution >= 4 is 5.91 Å². The van der Waals surface area contributed by atoms with Crippen LogP contribution in [0.1, 0.15) is 54.7 Å². The van der Waals surface area contributed by atoms with Crippen molar-refractivity contribution < 1.29 is 4.79 Å². The molecule has 1 aromatic heterocycles. The number of aromatic amines is 1. The highest BCUT2D eigenvalue weighted by Gasteiger charge is 2.28. The lowest BCUT2D eigenvalue weighted by Gasteiger charge is -2.29. The fraction of sp³-hybridized carbons (Fsp3) is 0.692. The van der Waals surface area contributed by atoms with Crippen LogP contribution < -0.4 is 0 Å². The molecule has 92 valence electrons. The number of carbonyl (C=O) groups is 1. The normalized spacial score (nSPS) is 21.8. The zero-order valence-electron chi connectivity index (χ0n) is 10.3. The number of hydrogen-bond donors (Lipinski definition) is 1. The van der Waals surface area contributed by atoms with Crippen molar-refractivity contribution in [3.63, 3.8) is 0 Å². The number of likely N-dealkylation sites (tertiary alicyclic amines) is 1. The van der Waals surface area contributed by atoms with E-state index in [4.69, 9.17) is 0 Å². The van der Waals surface area contributed by atoms with E-state index >= 15 is 0 Å². The number of nitrogens with zero attached hydrogens (tertiary/aromatic N) is 2. The molecular weight excluding hydrogens is 214 g/mol. The van der Waals surface area contributed by atoms with E-state index in [1.54, 1.807) is 0 Å². The second kappa shape index (κ2) is 4.17. The van der Waals surface area contributed by atoms with Crippen LogP contribution in [0.5, 0.6) is 0 Å². The van der Waals surface area contributed by atoms with E-state index in [9.17, 15) is 4.79 Å². The minimum atomic E-state index is 0.0973. The first-order valence-electron chi connectivity index (χ1n) is 6.58. The Morgan fingerprint density at radius 2 is 2.06 bits per heavy atom. The maximum Gasteiger partial charge on any atom is 0.274 e. The highest BCUT2D eigenvalue weighted by Crippen LogP contribution is 2.39. The molecule has 2 fully saturated rings. The minimum Gasteiger partial charge on any atom is -0.337 e. The average molecular weight is 233 g/mol. The van der Waals surface area contributed by atoms with E-state index in [1.807, 2.05) is 11.0 Å². The summed E-state index contributed by atoms with van der Waals surface area (Å²) in [5.74, 6) is 1.48. The molecule has 1 saturated carbocycles.